The zero-order valence-electron chi connectivity index (χ0n) is 19.8. The molecule has 1 aliphatic rings. The summed E-state index contributed by atoms with van der Waals surface area (Å²) in [4.78, 5) is 28.2. The Labute approximate surface area is 202 Å². The van der Waals surface area contributed by atoms with Crippen molar-refractivity contribution < 1.29 is 14.7 Å². The SMILES string of the molecule is C=CCC(O)(C[C@@H](Cc1ccccc1)N1C(=O)c2ccccc2C1=O)[Si](C)(C)c1ccccc1. The lowest BCUT2D eigenvalue weighted by Crippen LogP contribution is -2.64. The molecule has 0 saturated carbocycles. The van der Waals surface area contributed by atoms with Crippen LogP contribution in [-0.4, -0.2) is 41.2 Å². The molecule has 1 heterocycles. The zero-order chi connectivity index (χ0) is 24.3. The van der Waals surface area contributed by atoms with Crippen molar-refractivity contribution in [2.45, 2.75) is 43.6 Å². The van der Waals surface area contributed by atoms with E-state index in [0.29, 0.717) is 24.0 Å². The Kier molecular flexibility index (Phi) is 6.69. The minimum atomic E-state index is -2.47. The van der Waals surface area contributed by atoms with Crippen LogP contribution in [0.3, 0.4) is 0 Å². The van der Waals surface area contributed by atoms with Crippen LogP contribution >= 0.6 is 0 Å². The monoisotopic (exact) mass is 469 g/mol. The first-order valence-corrected chi connectivity index (χ1v) is 14.7. The third kappa shape index (κ3) is 4.29. The maximum absolute atomic E-state index is 13.4. The highest BCUT2D eigenvalue weighted by Gasteiger charge is 2.50. The molecule has 0 radical (unpaired) electrons. The number of carbonyl (C=O) groups is 2. The largest absolute Gasteiger partial charge is 0.393 e. The smallest absolute Gasteiger partial charge is 0.261 e. The van der Waals surface area contributed by atoms with Crippen LogP contribution in [0.1, 0.15) is 39.1 Å². The normalized spacial score (nSPS) is 16.1. The Hall–Kier alpha value is -3.28. The fourth-order valence-electron chi connectivity index (χ4n) is 5.03. The van der Waals surface area contributed by atoms with Gasteiger partial charge in [-0.1, -0.05) is 97.2 Å². The van der Waals surface area contributed by atoms with Crippen molar-refractivity contribution in [1.29, 1.82) is 0 Å². The predicted octanol–water partition coefficient (Wildman–Crippen LogP) is 4.75. The zero-order valence-corrected chi connectivity index (χ0v) is 20.8. The summed E-state index contributed by atoms with van der Waals surface area (Å²) in [6, 6.07) is 26.4. The number of hydrogen-bond donors (Lipinski definition) is 1. The molecule has 174 valence electrons. The van der Waals surface area contributed by atoms with Crippen molar-refractivity contribution in [3.63, 3.8) is 0 Å². The van der Waals surface area contributed by atoms with Crippen LogP contribution < -0.4 is 5.19 Å². The van der Waals surface area contributed by atoms with Crippen LogP contribution in [0.5, 0.6) is 0 Å². The summed E-state index contributed by atoms with van der Waals surface area (Å²) in [6.07, 6.45) is 2.90. The van der Waals surface area contributed by atoms with Crippen molar-refractivity contribution in [3.8, 4) is 0 Å². The molecule has 0 spiro atoms. The molecule has 0 aliphatic carbocycles. The van der Waals surface area contributed by atoms with Gasteiger partial charge < -0.3 is 5.11 Å². The summed E-state index contributed by atoms with van der Waals surface area (Å²) < 4.78 is 0. The van der Waals surface area contributed by atoms with Crippen LogP contribution in [-0.2, 0) is 6.42 Å². The molecule has 0 aromatic heterocycles. The van der Waals surface area contributed by atoms with Crippen molar-refractivity contribution in [2.24, 2.45) is 0 Å². The van der Waals surface area contributed by atoms with E-state index in [1.54, 1.807) is 30.3 Å². The second-order valence-corrected chi connectivity index (χ2v) is 14.3. The lowest BCUT2D eigenvalue weighted by molar-refractivity contribution is 0.0437. The molecule has 4 nitrogen and oxygen atoms in total. The Balaban J connectivity index is 1.76. The van der Waals surface area contributed by atoms with Crippen LogP contribution in [0, 0.1) is 0 Å². The van der Waals surface area contributed by atoms with E-state index >= 15 is 0 Å². The van der Waals surface area contributed by atoms with Crippen molar-refractivity contribution in [3.05, 3.63) is 114 Å². The number of benzene rings is 3. The minimum Gasteiger partial charge on any atom is -0.393 e. The third-order valence-corrected chi connectivity index (χ3v) is 11.7. The van der Waals surface area contributed by atoms with E-state index in [0.717, 1.165) is 10.8 Å². The standard InChI is InChI=1S/C29H31NO3Si/c1-4-19-29(33,34(2,3)24-15-9-6-10-16-24)21-23(20-22-13-7-5-8-14-22)30-27(31)25-17-11-12-18-26(25)28(30)32/h4-18,23,33H,1,19-21H2,2-3H3/t23-,29?/m1/s1. The molecule has 3 aromatic rings. The molecule has 1 aliphatic heterocycles. The Morgan fingerprint density at radius 2 is 1.38 bits per heavy atom. The van der Waals surface area contributed by atoms with Gasteiger partial charge in [0, 0.05) is 6.04 Å². The Bertz CT molecular complexity index is 1160. The van der Waals surface area contributed by atoms with E-state index in [-0.39, 0.29) is 18.2 Å². The maximum Gasteiger partial charge on any atom is 0.261 e. The van der Waals surface area contributed by atoms with Gasteiger partial charge in [-0.05, 0) is 37.0 Å². The molecule has 5 heteroatoms. The van der Waals surface area contributed by atoms with E-state index in [1.165, 1.54) is 4.90 Å². The molecule has 0 bridgehead atoms. The molecule has 1 unspecified atom stereocenters. The van der Waals surface area contributed by atoms with Gasteiger partial charge in [-0.25, -0.2) is 0 Å². The molecule has 3 aromatic carbocycles. The van der Waals surface area contributed by atoms with Crippen LogP contribution in [0.25, 0.3) is 0 Å². The van der Waals surface area contributed by atoms with Gasteiger partial charge in [0.25, 0.3) is 11.8 Å². The Morgan fingerprint density at radius 3 is 1.91 bits per heavy atom. The van der Waals surface area contributed by atoms with Crippen LogP contribution in [0.2, 0.25) is 13.1 Å². The molecular weight excluding hydrogens is 438 g/mol. The number of nitrogens with zero attached hydrogens (tertiary/aromatic N) is 1. The van der Waals surface area contributed by atoms with Crippen molar-refractivity contribution >= 4 is 25.1 Å². The molecule has 4 rings (SSSR count). The number of fused-ring (bicyclic) bond motifs is 1. The maximum atomic E-state index is 13.4. The van der Waals surface area contributed by atoms with E-state index in [4.69, 9.17) is 0 Å². The van der Waals surface area contributed by atoms with Gasteiger partial charge in [-0.15, -0.1) is 6.58 Å². The molecule has 1 N–H and O–H groups in total. The second-order valence-electron chi connectivity index (χ2n) is 9.59. The highest BCUT2D eigenvalue weighted by atomic mass is 28.3. The van der Waals surface area contributed by atoms with Gasteiger partial charge >= 0.3 is 0 Å². The highest BCUT2D eigenvalue weighted by Crippen LogP contribution is 2.35. The van der Waals surface area contributed by atoms with Gasteiger partial charge in [0.2, 0.25) is 0 Å². The quantitative estimate of drug-likeness (QED) is 0.280. The highest BCUT2D eigenvalue weighted by molar-refractivity contribution is 6.92. The lowest BCUT2D eigenvalue weighted by atomic mass is 9.97. The van der Waals surface area contributed by atoms with E-state index in [2.05, 4.69) is 31.8 Å². The number of carbonyl (C=O) groups excluding carboxylic acids is 2. The number of amides is 2. The summed E-state index contributed by atoms with van der Waals surface area (Å²) in [6.45, 7) is 8.21. The van der Waals surface area contributed by atoms with E-state index in [9.17, 15) is 14.7 Å². The fraction of sp³-hybridized carbons (Fsp3) is 0.241. The van der Waals surface area contributed by atoms with Crippen molar-refractivity contribution in [2.75, 3.05) is 0 Å². The van der Waals surface area contributed by atoms with Gasteiger partial charge in [-0.3, -0.25) is 14.5 Å². The number of hydrogen-bond acceptors (Lipinski definition) is 3. The lowest BCUT2D eigenvalue weighted by Gasteiger charge is -2.44. The predicted molar refractivity (Wildman–Crippen MR) is 139 cm³/mol. The number of aliphatic hydroxyl groups is 1. The first-order valence-electron chi connectivity index (χ1n) is 11.7. The molecule has 2 amide bonds. The second kappa shape index (κ2) is 9.53. The average molecular weight is 470 g/mol. The number of imide groups is 1. The Morgan fingerprint density at radius 1 is 0.882 bits per heavy atom. The van der Waals surface area contributed by atoms with Gasteiger partial charge in [-0.2, -0.15) is 0 Å². The summed E-state index contributed by atoms with van der Waals surface area (Å²) in [5.41, 5.74) is 1.87. The van der Waals surface area contributed by atoms with Gasteiger partial charge in [0.05, 0.1) is 16.4 Å². The van der Waals surface area contributed by atoms with Gasteiger partial charge in [0.15, 0.2) is 0 Å². The average Bonchev–Trinajstić information content (AvgIpc) is 3.10. The molecule has 2 atom stereocenters. The molecule has 34 heavy (non-hydrogen) atoms. The first kappa shape index (κ1) is 23.9. The molecule has 0 saturated heterocycles. The van der Waals surface area contributed by atoms with E-state index < -0.39 is 19.3 Å². The summed E-state index contributed by atoms with van der Waals surface area (Å²) in [5.74, 6) is -0.580. The van der Waals surface area contributed by atoms with Crippen LogP contribution in [0.4, 0.5) is 0 Å². The topological polar surface area (TPSA) is 57.6 Å². The molecule has 0 fully saturated rings. The number of rotatable bonds is 9. The van der Waals surface area contributed by atoms with E-state index in [1.807, 2.05) is 48.5 Å². The third-order valence-electron chi connectivity index (χ3n) is 7.22. The minimum absolute atomic E-state index is 0.285. The summed E-state index contributed by atoms with van der Waals surface area (Å²) in [5, 5.41) is 12.3. The fourth-order valence-corrected chi connectivity index (χ4v) is 7.99. The summed E-state index contributed by atoms with van der Waals surface area (Å²) in [7, 11) is -2.47. The summed E-state index contributed by atoms with van der Waals surface area (Å²) >= 11 is 0. The van der Waals surface area contributed by atoms with Gasteiger partial charge in [0.1, 0.15) is 8.07 Å². The van der Waals surface area contributed by atoms with Crippen molar-refractivity contribution in [1.82, 2.24) is 4.90 Å². The van der Waals surface area contributed by atoms with Crippen LogP contribution in [0.15, 0.2) is 97.6 Å². The first-order chi connectivity index (χ1) is 16.3. The molecular formula is C29H31NO3Si.